The van der Waals surface area contributed by atoms with Gasteiger partial charge in [-0.05, 0) is 76.4 Å². The van der Waals surface area contributed by atoms with Gasteiger partial charge in [-0.1, -0.05) is 22.0 Å². The number of halogens is 1. The second-order valence-electron chi connectivity index (χ2n) is 10.2. The van der Waals surface area contributed by atoms with Crippen molar-refractivity contribution >= 4 is 50.3 Å². The van der Waals surface area contributed by atoms with Crippen LogP contribution >= 0.6 is 15.9 Å². The van der Waals surface area contributed by atoms with Gasteiger partial charge >= 0.3 is 11.9 Å². The largest absolute Gasteiger partial charge is 0.493 e. The number of fused-ring (bicyclic) bond motifs is 1. The Morgan fingerprint density at radius 2 is 1.74 bits per heavy atom. The van der Waals surface area contributed by atoms with Crippen LogP contribution in [0, 0.1) is 5.92 Å². The van der Waals surface area contributed by atoms with Crippen LogP contribution in [-0.4, -0.2) is 72.9 Å². The normalized spacial score (nSPS) is 14.1. The Morgan fingerprint density at radius 3 is 2.38 bits per heavy atom. The average molecular weight is 644 g/mol. The van der Waals surface area contributed by atoms with E-state index < -0.39 is 0 Å². The maximum Gasteiger partial charge on any atom is 0.307 e. The molecule has 226 valence electrons. The van der Waals surface area contributed by atoms with Crippen LogP contribution in [0.1, 0.15) is 46.0 Å². The van der Waals surface area contributed by atoms with E-state index in [9.17, 15) is 9.59 Å². The lowest BCUT2D eigenvalue weighted by molar-refractivity contribution is -0.147. The molecular weight excluding hydrogens is 604 g/mol. The first-order chi connectivity index (χ1) is 20.4. The number of nitrogens with one attached hydrogen (secondary N) is 1. The van der Waals surface area contributed by atoms with Crippen LogP contribution in [0.4, 0.5) is 11.5 Å². The number of carbonyl (C=O) groups is 2. The molecule has 1 aliphatic rings. The minimum absolute atomic E-state index is 0.185. The van der Waals surface area contributed by atoms with Crippen molar-refractivity contribution in [3.05, 3.63) is 47.2 Å². The molecule has 0 amide bonds. The zero-order valence-electron chi connectivity index (χ0n) is 24.4. The van der Waals surface area contributed by atoms with Gasteiger partial charge in [0, 0.05) is 27.7 Å². The highest BCUT2D eigenvalue weighted by molar-refractivity contribution is 9.10. The Morgan fingerprint density at radius 1 is 1.02 bits per heavy atom. The number of piperidine rings is 1. The average Bonchev–Trinajstić information content (AvgIpc) is 2.97. The van der Waals surface area contributed by atoms with Crippen molar-refractivity contribution in [2.75, 3.05) is 45.3 Å². The van der Waals surface area contributed by atoms with Gasteiger partial charge < -0.3 is 24.3 Å². The molecule has 42 heavy (non-hydrogen) atoms. The molecule has 2 heterocycles. The van der Waals surface area contributed by atoms with Crippen LogP contribution in [0.5, 0.6) is 11.5 Å². The Hall–Kier alpha value is -3.44. The Labute approximate surface area is 255 Å². The highest BCUT2D eigenvalue weighted by Crippen LogP contribution is 2.35. The molecule has 0 atom stereocenters. The molecule has 0 unspecified atom stereocenters. The monoisotopic (exact) mass is 642 g/mol. The molecule has 10 nitrogen and oxygen atoms in total. The standard InChI is InChI=1S/C31H39BrN4O6/c1-4-40-29(37)16-24(17-30(38)41-5-2)36-12-9-21(10-13-36)11-14-42-28-18-25-26(19-27(28)39-3)33-20-34-31(25)35-23-8-6-7-22(32)15-23/h6-8,15,18-21,24H,4-5,9-14,16-17H2,1-3H3,(H,33,34,35). The van der Waals surface area contributed by atoms with Gasteiger partial charge in [0.25, 0.3) is 0 Å². The number of aromatic nitrogens is 2. The van der Waals surface area contributed by atoms with Crippen LogP contribution in [0.3, 0.4) is 0 Å². The number of methoxy groups -OCH3 is 1. The number of hydrogen-bond donors (Lipinski definition) is 1. The number of rotatable bonds is 14. The fourth-order valence-corrected chi connectivity index (χ4v) is 5.64. The van der Waals surface area contributed by atoms with Gasteiger partial charge in [-0.25, -0.2) is 9.97 Å². The lowest BCUT2D eigenvalue weighted by Crippen LogP contribution is -2.44. The second kappa shape index (κ2) is 15.7. The third kappa shape index (κ3) is 8.78. The fourth-order valence-electron chi connectivity index (χ4n) is 5.24. The van der Waals surface area contributed by atoms with E-state index in [0.717, 1.165) is 53.4 Å². The second-order valence-corrected chi connectivity index (χ2v) is 11.1. The first-order valence-electron chi connectivity index (χ1n) is 14.4. The van der Waals surface area contributed by atoms with Gasteiger partial charge in [0.1, 0.15) is 12.1 Å². The summed E-state index contributed by atoms with van der Waals surface area (Å²) >= 11 is 3.51. The van der Waals surface area contributed by atoms with Crippen molar-refractivity contribution in [3.63, 3.8) is 0 Å². The third-order valence-electron chi connectivity index (χ3n) is 7.37. The maximum absolute atomic E-state index is 12.2. The predicted molar refractivity (Wildman–Crippen MR) is 164 cm³/mol. The van der Waals surface area contributed by atoms with E-state index in [1.54, 1.807) is 21.0 Å². The molecular formula is C31H39BrN4O6. The summed E-state index contributed by atoms with van der Waals surface area (Å²) in [6, 6.07) is 11.4. The lowest BCUT2D eigenvalue weighted by Gasteiger charge is -2.37. The quantitative estimate of drug-likeness (QED) is 0.213. The summed E-state index contributed by atoms with van der Waals surface area (Å²) in [5.74, 6) is 1.83. The van der Waals surface area contributed by atoms with E-state index in [1.165, 1.54) is 6.33 Å². The van der Waals surface area contributed by atoms with E-state index in [2.05, 4.69) is 36.1 Å². The van der Waals surface area contributed by atoms with Crippen LogP contribution < -0.4 is 14.8 Å². The number of nitrogens with zero attached hydrogens (tertiary/aromatic N) is 3. The molecule has 1 N–H and O–H groups in total. The predicted octanol–water partition coefficient (Wildman–Crippen LogP) is 5.90. The fraction of sp³-hybridized carbons (Fsp3) is 0.484. The van der Waals surface area contributed by atoms with E-state index in [1.807, 2.05) is 36.4 Å². The smallest absolute Gasteiger partial charge is 0.307 e. The Balaban J connectivity index is 1.36. The number of benzene rings is 2. The summed E-state index contributed by atoms with van der Waals surface area (Å²) in [5.41, 5.74) is 1.65. The number of esters is 2. The van der Waals surface area contributed by atoms with Crippen molar-refractivity contribution in [1.82, 2.24) is 14.9 Å². The molecule has 1 saturated heterocycles. The van der Waals surface area contributed by atoms with Gasteiger partial charge in [0.05, 0.1) is 45.3 Å². The number of ether oxygens (including phenoxy) is 4. The molecule has 11 heteroatoms. The maximum atomic E-state index is 12.2. The molecule has 1 fully saturated rings. The minimum atomic E-state index is -0.285. The molecule has 1 aliphatic heterocycles. The molecule has 1 aromatic heterocycles. The molecule has 0 bridgehead atoms. The molecule has 4 rings (SSSR count). The van der Waals surface area contributed by atoms with Gasteiger partial charge in [-0.3, -0.25) is 14.5 Å². The minimum Gasteiger partial charge on any atom is -0.493 e. The van der Waals surface area contributed by atoms with Gasteiger partial charge in [-0.2, -0.15) is 0 Å². The SMILES string of the molecule is CCOC(=O)CC(CC(=O)OCC)N1CCC(CCOc2cc3c(Nc4cccc(Br)c4)ncnc3cc2OC)CC1. The molecule has 0 aliphatic carbocycles. The van der Waals surface area contributed by atoms with E-state index in [-0.39, 0.29) is 30.8 Å². The van der Waals surface area contributed by atoms with Crippen molar-refractivity contribution < 1.29 is 28.5 Å². The summed E-state index contributed by atoms with van der Waals surface area (Å²) in [6.45, 7) is 6.35. The van der Waals surface area contributed by atoms with E-state index in [4.69, 9.17) is 18.9 Å². The summed E-state index contributed by atoms with van der Waals surface area (Å²) in [6.07, 6.45) is 4.68. The zero-order chi connectivity index (χ0) is 29.9. The van der Waals surface area contributed by atoms with Crippen LogP contribution in [0.15, 0.2) is 47.2 Å². The molecule has 0 spiro atoms. The van der Waals surface area contributed by atoms with Gasteiger partial charge in [0.2, 0.25) is 0 Å². The van der Waals surface area contributed by atoms with Crippen LogP contribution in [-0.2, 0) is 19.1 Å². The zero-order valence-corrected chi connectivity index (χ0v) is 26.0. The highest BCUT2D eigenvalue weighted by atomic mass is 79.9. The summed E-state index contributed by atoms with van der Waals surface area (Å²) in [7, 11) is 1.62. The van der Waals surface area contributed by atoms with E-state index >= 15 is 0 Å². The van der Waals surface area contributed by atoms with Crippen molar-refractivity contribution in [2.45, 2.75) is 52.0 Å². The van der Waals surface area contributed by atoms with Crippen LogP contribution in [0.2, 0.25) is 0 Å². The van der Waals surface area contributed by atoms with E-state index in [0.29, 0.717) is 43.1 Å². The Kier molecular flexibility index (Phi) is 11.8. The number of anilines is 2. The van der Waals surface area contributed by atoms with Crippen LogP contribution in [0.25, 0.3) is 10.9 Å². The summed E-state index contributed by atoms with van der Waals surface area (Å²) in [5, 5.41) is 4.20. The highest BCUT2D eigenvalue weighted by Gasteiger charge is 2.29. The molecule has 0 saturated carbocycles. The third-order valence-corrected chi connectivity index (χ3v) is 7.87. The van der Waals surface area contributed by atoms with Gasteiger partial charge in [-0.15, -0.1) is 0 Å². The number of likely N-dealkylation sites (tertiary alicyclic amines) is 1. The molecule has 3 aromatic rings. The summed E-state index contributed by atoms with van der Waals surface area (Å²) in [4.78, 5) is 35.5. The number of carbonyl (C=O) groups excluding carboxylic acids is 2. The van der Waals surface area contributed by atoms with Crippen molar-refractivity contribution in [3.8, 4) is 11.5 Å². The number of hydrogen-bond acceptors (Lipinski definition) is 10. The first-order valence-corrected chi connectivity index (χ1v) is 15.2. The van der Waals surface area contributed by atoms with Gasteiger partial charge in [0.15, 0.2) is 11.5 Å². The Bertz CT molecular complexity index is 1330. The summed E-state index contributed by atoms with van der Waals surface area (Å²) < 4.78 is 23.1. The first kappa shape index (κ1) is 31.5. The molecule has 0 radical (unpaired) electrons. The topological polar surface area (TPSA) is 112 Å². The lowest BCUT2D eigenvalue weighted by atomic mass is 9.92. The van der Waals surface area contributed by atoms with Crippen molar-refractivity contribution in [2.24, 2.45) is 5.92 Å². The van der Waals surface area contributed by atoms with Crippen molar-refractivity contribution in [1.29, 1.82) is 0 Å². The molecule has 2 aromatic carbocycles.